The third-order valence-corrected chi connectivity index (χ3v) is 1.78. The standard InChI is InChI=1S/C8H13NO4/c1-3-12-8(11)6-4-5(2)7(10)13-9-6/h5,7,10H,3-4H2,1-2H3. The summed E-state index contributed by atoms with van der Waals surface area (Å²) >= 11 is 0. The van der Waals surface area contributed by atoms with E-state index in [4.69, 9.17) is 9.84 Å². The van der Waals surface area contributed by atoms with E-state index in [-0.39, 0.29) is 11.6 Å². The van der Waals surface area contributed by atoms with Crippen molar-refractivity contribution in [2.24, 2.45) is 11.1 Å². The van der Waals surface area contributed by atoms with E-state index in [0.717, 1.165) is 0 Å². The zero-order chi connectivity index (χ0) is 9.84. The Kier molecular flexibility index (Phi) is 3.25. The van der Waals surface area contributed by atoms with E-state index in [0.29, 0.717) is 13.0 Å². The number of ether oxygens (including phenoxy) is 1. The molecule has 13 heavy (non-hydrogen) atoms. The number of carbonyl (C=O) groups excluding carboxylic acids is 1. The molecule has 0 saturated heterocycles. The highest BCUT2D eigenvalue weighted by atomic mass is 16.7. The summed E-state index contributed by atoms with van der Waals surface area (Å²) in [6, 6.07) is 0. The lowest BCUT2D eigenvalue weighted by molar-refractivity contribution is -0.145. The first-order chi connectivity index (χ1) is 6.15. The lowest BCUT2D eigenvalue weighted by Gasteiger charge is -2.21. The summed E-state index contributed by atoms with van der Waals surface area (Å²) in [7, 11) is 0. The number of nitrogens with zero attached hydrogens (tertiary/aromatic N) is 1. The van der Waals surface area contributed by atoms with Crippen LogP contribution in [0.3, 0.4) is 0 Å². The summed E-state index contributed by atoms with van der Waals surface area (Å²) in [5.41, 5.74) is 0.236. The van der Waals surface area contributed by atoms with Gasteiger partial charge in [0.2, 0.25) is 6.29 Å². The molecular weight excluding hydrogens is 174 g/mol. The average molecular weight is 187 g/mol. The van der Waals surface area contributed by atoms with Gasteiger partial charge in [0.25, 0.3) is 0 Å². The van der Waals surface area contributed by atoms with Gasteiger partial charge in [0.15, 0.2) is 5.71 Å². The summed E-state index contributed by atoms with van der Waals surface area (Å²) in [5.74, 6) is -0.599. The SMILES string of the molecule is CCOC(=O)C1=NOC(O)C(C)C1. The van der Waals surface area contributed by atoms with Crippen molar-refractivity contribution in [3.8, 4) is 0 Å². The van der Waals surface area contributed by atoms with Crippen LogP contribution in [0.25, 0.3) is 0 Å². The quantitative estimate of drug-likeness (QED) is 0.630. The van der Waals surface area contributed by atoms with E-state index in [1.165, 1.54) is 0 Å². The van der Waals surface area contributed by atoms with Gasteiger partial charge in [-0.1, -0.05) is 12.1 Å². The molecular formula is C8H13NO4. The van der Waals surface area contributed by atoms with Gasteiger partial charge in [-0.15, -0.1) is 0 Å². The molecule has 0 aromatic heterocycles. The van der Waals surface area contributed by atoms with Gasteiger partial charge in [-0.2, -0.15) is 0 Å². The Morgan fingerprint density at radius 2 is 2.54 bits per heavy atom. The Balaban J connectivity index is 2.57. The smallest absolute Gasteiger partial charge is 0.356 e. The molecule has 1 aliphatic rings. The molecule has 0 aliphatic carbocycles. The maximum absolute atomic E-state index is 11.1. The molecule has 0 spiro atoms. The predicted molar refractivity (Wildman–Crippen MR) is 44.9 cm³/mol. The van der Waals surface area contributed by atoms with Crippen LogP contribution in [0.1, 0.15) is 20.3 Å². The van der Waals surface area contributed by atoms with Crippen molar-refractivity contribution in [2.75, 3.05) is 6.61 Å². The Morgan fingerprint density at radius 1 is 1.85 bits per heavy atom. The summed E-state index contributed by atoms with van der Waals surface area (Å²) in [4.78, 5) is 15.7. The Hall–Kier alpha value is -1.10. The van der Waals surface area contributed by atoms with E-state index < -0.39 is 12.3 Å². The fourth-order valence-electron chi connectivity index (χ4n) is 1.000. The average Bonchev–Trinajstić information content (AvgIpc) is 2.10. The highest BCUT2D eigenvalue weighted by Crippen LogP contribution is 2.16. The van der Waals surface area contributed by atoms with Gasteiger partial charge in [-0.3, -0.25) is 0 Å². The van der Waals surface area contributed by atoms with Crippen molar-refractivity contribution in [3.05, 3.63) is 0 Å². The van der Waals surface area contributed by atoms with Crippen LogP contribution in [0.5, 0.6) is 0 Å². The number of aliphatic hydroxyl groups excluding tert-OH is 1. The fourth-order valence-corrected chi connectivity index (χ4v) is 1.000. The van der Waals surface area contributed by atoms with E-state index >= 15 is 0 Å². The van der Waals surface area contributed by atoms with Gasteiger partial charge in [0, 0.05) is 12.3 Å². The lowest BCUT2D eigenvalue weighted by atomic mass is 10.0. The molecule has 2 unspecified atom stereocenters. The Morgan fingerprint density at radius 3 is 3.08 bits per heavy atom. The second-order valence-corrected chi connectivity index (χ2v) is 2.94. The first-order valence-electron chi connectivity index (χ1n) is 4.23. The van der Waals surface area contributed by atoms with E-state index in [2.05, 4.69) is 9.99 Å². The van der Waals surface area contributed by atoms with Crippen LogP contribution in [-0.2, 0) is 14.4 Å². The number of carbonyl (C=O) groups is 1. The van der Waals surface area contributed by atoms with Crippen LogP contribution in [0.2, 0.25) is 0 Å². The van der Waals surface area contributed by atoms with Crippen LogP contribution in [0.15, 0.2) is 5.16 Å². The monoisotopic (exact) mass is 187 g/mol. The van der Waals surface area contributed by atoms with Gasteiger partial charge in [0.1, 0.15) is 0 Å². The fraction of sp³-hybridized carbons (Fsp3) is 0.750. The Bertz CT molecular complexity index is 226. The molecule has 0 aromatic rings. The topological polar surface area (TPSA) is 68.1 Å². The highest BCUT2D eigenvalue weighted by molar-refractivity contribution is 6.36. The van der Waals surface area contributed by atoms with E-state index in [9.17, 15) is 4.79 Å². The van der Waals surface area contributed by atoms with Gasteiger partial charge in [0.05, 0.1) is 6.61 Å². The second kappa shape index (κ2) is 4.23. The van der Waals surface area contributed by atoms with Crippen molar-refractivity contribution < 1.29 is 19.5 Å². The number of oxime groups is 1. The molecule has 0 bridgehead atoms. The van der Waals surface area contributed by atoms with Crippen molar-refractivity contribution in [2.45, 2.75) is 26.6 Å². The first kappa shape index (κ1) is 9.98. The largest absolute Gasteiger partial charge is 0.461 e. The molecule has 2 atom stereocenters. The molecule has 0 radical (unpaired) electrons. The third-order valence-electron chi connectivity index (χ3n) is 1.78. The van der Waals surface area contributed by atoms with E-state index in [1.54, 1.807) is 13.8 Å². The maximum atomic E-state index is 11.1. The Labute approximate surface area is 76.3 Å². The predicted octanol–water partition coefficient (Wildman–Crippen LogP) is 0.280. The summed E-state index contributed by atoms with van der Waals surface area (Å²) in [5, 5.41) is 12.6. The summed E-state index contributed by atoms with van der Waals surface area (Å²) < 4.78 is 4.73. The second-order valence-electron chi connectivity index (χ2n) is 2.94. The first-order valence-corrected chi connectivity index (χ1v) is 4.23. The molecule has 1 N–H and O–H groups in total. The lowest BCUT2D eigenvalue weighted by Crippen LogP contribution is -2.31. The molecule has 0 aromatic carbocycles. The summed E-state index contributed by atoms with van der Waals surface area (Å²) in [6.45, 7) is 3.81. The third kappa shape index (κ3) is 2.42. The molecule has 0 saturated carbocycles. The number of aliphatic hydroxyl groups is 1. The van der Waals surface area contributed by atoms with E-state index in [1.807, 2.05) is 0 Å². The molecule has 5 heteroatoms. The number of hydrogen-bond acceptors (Lipinski definition) is 5. The number of rotatable bonds is 2. The number of hydrogen-bond donors (Lipinski definition) is 1. The minimum Gasteiger partial charge on any atom is -0.461 e. The van der Waals surface area contributed by atoms with Crippen molar-refractivity contribution in [1.29, 1.82) is 0 Å². The molecule has 0 amide bonds. The van der Waals surface area contributed by atoms with Crippen molar-refractivity contribution in [1.82, 2.24) is 0 Å². The van der Waals surface area contributed by atoms with Gasteiger partial charge in [-0.25, -0.2) is 4.79 Å². The molecule has 1 heterocycles. The van der Waals surface area contributed by atoms with Gasteiger partial charge >= 0.3 is 5.97 Å². The van der Waals surface area contributed by atoms with Crippen LogP contribution in [-0.4, -0.2) is 29.7 Å². The number of esters is 1. The van der Waals surface area contributed by atoms with Gasteiger partial charge < -0.3 is 14.7 Å². The van der Waals surface area contributed by atoms with Crippen LogP contribution >= 0.6 is 0 Å². The van der Waals surface area contributed by atoms with Gasteiger partial charge in [-0.05, 0) is 6.92 Å². The zero-order valence-electron chi connectivity index (χ0n) is 7.69. The minimum atomic E-state index is -0.918. The normalized spacial score (nSPS) is 27.5. The molecule has 0 fully saturated rings. The van der Waals surface area contributed by atoms with Crippen LogP contribution in [0, 0.1) is 5.92 Å². The zero-order valence-corrected chi connectivity index (χ0v) is 7.69. The molecule has 74 valence electrons. The highest BCUT2D eigenvalue weighted by Gasteiger charge is 2.27. The molecule has 1 rings (SSSR count). The van der Waals surface area contributed by atoms with Crippen LogP contribution < -0.4 is 0 Å². The minimum absolute atomic E-state index is 0.128. The maximum Gasteiger partial charge on any atom is 0.356 e. The van der Waals surface area contributed by atoms with Crippen molar-refractivity contribution >= 4 is 11.7 Å². The summed E-state index contributed by atoms with van der Waals surface area (Å²) in [6.07, 6.45) is -0.529. The molecule has 5 nitrogen and oxygen atoms in total. The van der Waals surface area contributed by atoms with Crippen LogP contribution in [0.4, 0.5) is 0 Å². The molecule has 1 aliphatic heterocycles. The van der Waals surface area contributed by atoms with Crippen molar-refractivity contribution in [3.63, 3.8) is 0 Å².